The van der Waals surface area contributed by atoms with Gasteiger partial charge in [0, 0.05) is 31.7 Å². The predicted octanol–water partition coefficient (Wildman–Crippen LogP) is 0.659. The summed E-state index contributed by atoms with van der Waals surface area (Å²) in [6.45, 7) is 1.93. The van der Waals surface area contributed by atoms with Crippen molar-refractivity contribution in [3.63, 3.8) is 0 Å². The number of aromatic nitrogens is 2. The molecule has 0 spiro atoms. The van der Waals surface area contributed by atoms with E-state index in [2.05, 4.69) is 10.2 Å². The number of piperazine rings is 1. The molecule has 0 atom stereocenters. The highest BCUT2D eigenvalue weighted by Gasteiger charge is 2.25. The van der Waals surface area contributed by atoms with Gasteiger partial charge >= 0.3 is 11.8 Å². The topological polar surface area (TPSA) is 88.8 Å². The van der Waals surface area contributed by atoms with Crippen molar-refractivity contribution >= 4 is 12.3 Å². The van der Waals surface area contributed by atoms with Crippen LogP contribution in [-0.2, 0) is 4.79 Å². The molecule has 0 bridgehead atoms. The maximum atomic E-state index is 12.3. The molecule has 0 saturated carbocycles. The van der Waals surface area contributed by atoms with Gasteiger partial charge in [-0.15, -0.1) is 10.2 Å². The van der Waals surface area contributed by atoms with Crippen molar-refractivity contribution in [2.24, 2.45) is 0 Å². The van der Waals surface area contributed by atoms with Gasteiger partial charge in [0.05, 0.1) is 7.11 Å². The maximum Gasteiger partial charge on any atom is 0.311 e. The zero-order valence-corrected chi connectivity index (χ0v) is 12.6. The van der Waals surface area contributed by atoms with Crippen LogP contribution in [0.15, 0.2) is 28.7 Å². The Labute approximate surface area is 132 Å². The molecule has 2 aromatic rings. The van der Waals surface area contributed by atoms with E-state index in [1.807, 2.05) is 0 Å². The third-order valence-corrected chi connectivity index (χ3v) is 3.70. The van der Waals surface area contributed by atoms with E-state index in [0.717, 1.165) is 12.2 Å². The molecular weight excluding hydrogens is 300 g/mol. The van der Waals surface area contributed by atoms with Gasteiger partial charge in [0.2, 0.25) is 12.3 Å². The molecule has 2 heterocycles. The smallest absolute Gasteiger partial charge is 0.311 e. The number of amides is 2. The number of benzene rings is 1. The molecule has 8 nitrogen and oxygen atoms in total. The van der Waals surface area contributed by atoms with Gasteiger partial charge in [-0.3, -0.25) is 9.59 Å². The van der Waals surface area contributed by atoms with Gasteiger partial charge in [-0.05, 0) is 24.3 Å². The lowest BCUT2D eigenvalue weighted by atomic mass is 10.2. The molecule has 0 unspecified atom stereocenters. The number of carbonyl (C=O) groups excluding carboxylic acids is 2. The van der Waals surface area contributed by atoms with Gasteiger partial charge in [0.25, 0.3) is 0 Å². The minimum atomic E-state index is -0.317. The molecule has 1 fully saturated rings. The highest BCUT2D eigenvalue weighted by Crippen LogP contribution is 2.21. The standard InChI is InChI=1S/C15H16N4O4/c1-22-12-4-2-11(3-5-12)13-16-17-14(23-13)15(21)19-8-6-18(10-20)7-9-19/h2-5,10H,6-9H2,1H3. The Balaban J connectivity index is 1.71. The zero-order valence-electron chi connectivity index (χ0n) is 12.6. The molecule has 1 saturated heterocycles. The Morgan fingerprint density at radius 2 is 1.87 bits per heavy atom. The van der Waals surface area contributed by atoms with Crippen LogP contribution < -0.4 is 4.74 Å². The van der Waals surface area contributed by atoms with Gasteiger partial charge in [-0.25, -0.2) is 0 Å². The van der Waals surface area contributed by atoms with Crippen molar-refractivity contribution in [2.75, 3.05) is 33.3 Å². The first-order valence-corrected chi connectivity index (χ1v) is 7.18. The minimum Gasteiger partial charge on any atom is -0.497 e. The van der Waals surface area contributed by atoms with Gasteiger partial charge in [0.15, 0.2) is 0 Å². The summed E-state index contributed by atoms with van der Waals surface area (Å²) in [5.74, 6) is 0.637. The van der Waals surface area contributed by atoms with E-state index in [9.17, 15) is 9.59 Å². The SMILES string of the molecule is COc1ccc(-c2nnc(C(=O)N3CCN(C=O)CC3)o2)cc1. The fourth-order valence-corrected chi connectivity index (χ4v) is 2.33. The number of carbonyl (C=O) groups is 2. The summed E-state index contributed by atoms with van der Waals surface area (Å²) in [6.07, 6.45) is 0.788. The highest BCUT2D eigenvalue weighted by atomic mass is 16.5. The second kappa shape index (κ2) is 6.47. The number of hydrogen-bond acceptors (Lipinski definition) is 6. The Morgan fingerprint density at radius 1 is 1.17 bits per heavy atom. The van der Waals surface area contributed by atoms with Crippen LogP contribution in [0, 0.1) is 0 Å². The first-order chi connectivity index (χ1) is 11.2. The van der Waals surface area contributed by atoms with E-state index in [4.69, 9.17) is 9.15 Å². The Kier molecular flexibility index (Phi) is 4.22. The van der Waals surface area contributed by atoms with Gasteiger partial charge < -0.3 is 19.0 Å². The van der Waals surface area contributed by atoms with E-state index in [-0.39, 0.29) is 17.7 Å². The van der Waals surface area contributed by atoms with Crippen LogP contribution in [0.1, 0.15) is 10.7 Å². The maximum absolute atomic E-state index is 12.3. The van der Waals surface area contributed by atoms with Crippen LogP contribution >= 0.6 is 0 Å². The molecule has 120 valence electrons. The quantitative estimate of drug-likeness (QED) is 0.770. The van der Waals surface area contributed by atoms with Crippen LogP contribution in [0.5, 0.6) is 5.75 Å². The second-order valence-electron chi connectivity index (χ2n) is 5.07. The third kappa shape index (κ3) is 3.15. The average Bonchev–Trinajstić information content (AvgIpc) is 3.11. The summed E-state index contributed by atoms with van der Waals surface area (Å²) in [5, 5.41) is 7.74. The molecule has 0 aliphatic carbocycles. The molecule has 0 radical (unpaired) electrons. The monoisotopic (exact) mass is 316 g/mol. The summed E-state index contributed by atoms with van der Waals surface area (Å²) in [7, 11) is 1.59. The number of hydrogen-bond donors (Lipinski definition) is 0. The number of nitrogens with zero attached hydrogens (tertiary/aromatic N) is 4. The lowest BCUT2D eigenvalue weighted by molar-refractivity contribution is -0.119. The van der Waals surface area contributed by atoms with Gasteiger partial charge in [0.1, 0.15) is 5.75 Å². The Bertz CT molecular complexity index is 690. The number of methoxy groups -OCH3 is 1. The van der Waals surface area contributed by atoms with E-state index in [1.54, 1.807) is 41.2 Å². The minimum absolute atomic E-state index is 0.0460. The van der Waals surface area contributed by atoms with Crippen LogP contribution in [0.2, 0.25) is 0 Å². The summed E-state index contributed by atoms with van der Waals surface area (Å²) >= 11 is 0. The Morgan fingerprint density at radius 3 is 2.48 bits per heavy atom. The van der Waals surface area contributed by atoms with E-state index in [0.29, 0.717) is 31.7 Å². The summed E-state index contributed by atoms with van der Waals surface area (Å²) in [4.78, 5) is 26.3. The van der Waals surface area contributed by atoms with Crippen molar-refractivity contribution in [1.82, 2.24) is 20.0 Å². The molecule has 0 N–H and O–H groups in total. The summed E-state index contributed by atoms with van der Waals surface area (Å²) in [6, 6.07) is 7.12. The van der Waals surface area contributed by atoms with Crippen molar-refractivity contribution < 1.29 is 18.7 Å². The van der Waals surface area contributed by atoms with Crippen molar-refractivity contribution in [1.29, 1.82) is 0 Å². The predicted molar refractivity (Wildman–Crippen MR) is 79.8 cm³/mol. The Hall–Kier alpha value is -2.90. The lowest BCUT2D eigenvalue weighted by Gasteiger charge is -2.31. The van der Waals surface area contributed by atoms with Crippen LogP contribution in [0.4, 0.5) is 0 Å². The van der Waals surface area contributed by atoms with E-state index >= 15 is 0 Å². The fraction of sp³-hybridized carbons (Fsp3) is 0.333. The third-order valence-electron chi connectivity index (χ3n) is 3.70. The normalized spacial score (nSPS) is 14.7. The van der Waals surface area contributed by atoms with E-state index in [1.165, 1.54) is 0 Å². The van der Waals surface area contributed by atoms with Gasteiger partial charge in [-0.2, -0.15) is 0 Å². The molecule has 8 heteroatoms. The van der Waals surface area contributed by atoms with Crippen LogP contribution in [0.25, 0.3) is 11.5 Å². The summed E-state index contributed by atoms with van der Waals surface area (Å²) in [5.41, 5.74) is 0.711. The van der Waals surface area contributed by atoms with E-state index < -0.39 is 0 Å². The van der Waals surface area contributed by atoms with Crippen LogP contribution in [0.3, 0.4) is 0 Å². The first-order valence-electron chi connectivity index (χ1n) is 7.18. The molecule has 1 aromatic heterocycles. The fourth-order valence-electron chi connectivity index (χ4n) is 2.33. The molecule has 3 rings (SSSR count). The molecular formula is C15H16N4O4. The van der Waals surface area contributed by atoms with Crippen LogP contribution in [-0.4, -0.2) is 65.6 Å². The molecule has 1 aliphatic rings. The summed E-state index contributed by atoms with van der Waals surface area (Å²) < 4.78 is 10.6. The largest absolute Gasteiger partial charge is 0.497 e. The molecule has 1 aromatic carbocycles. The van der Waals surface area contributed by atoms with Gasteiger partial charge in [-0.1, -0.05) is 0 Å². The average molecular weight is 316 g/mol. The molecule has 23 heavy (non-hydrogen) atoms. The second-order valence-corrected chi connectivity index (χ2v) is 5.07. The number of rotatable bonds is 4. The zero-order chi connectivity index (χ0) is 16.2. The van der Waals surface area contributed by atoms with Crippen molar-refractivity contribution in [3.8, 4) is 17.2 Å². The molecule has 1 aliphatic heterocycles. The number of ether oxygens (including phenoxy) is 1. The van der Waals surface area contributed by atoms with Crippen molar-refractivity contribution in [2.45, 2.75) is 0 Å². The first kappa shape index (κ1) is 15.0. The molecule has 2 amide bonds. The highest BCUT2D eigenvalue weighted by molar-refractivity contribution is 5.89. The van der Waals surface area contributed by atoms with Crippen molar-refractivity contribution in [3.05, 3.63) is 30.2 Å². The lowest BCUT2D eigenvalue weighted by Crippen LogP contribution is -2.48.